The fraction of sp³-hybridized carbons (Fsp3) is 0.346. The Bertz CT molecular complexity index is 1010. The number of nitrogens with one attached hydrogen (secondary N) is 1. The van der Waals surface area contributed by atoms with Crippen LogP contribution in [0.1, 0.15) is 25.3 Å². The Hall–Kier alpha value is -3.61. The zero-order valence-electron chi connectivity index (χ0n) is 18.9. The third kappa shape index (κ3) is 4.77. The molecule has 4 rings (SSSR count). The van der Waals surface area contributed by atoms with Gasteiger partial charge in [0.05, 0.1) is 6.67 Å². The summed E-state index contributed by atoms with van der Waals surface area (Å²) in [5.41, 5.74) is 1.18. The third-order valence-corrected chi connectivity index (χ3v) is 6.41. The summed E-state index contributed by atoms with van der Waals surface area (Å²) in [5.74, 6) is -0.247. The van der Waals surface area contributed by atoms with Crippen molar-refractivity contribution in [1.29, 1.82) is 0 Å². The smallest absolute Gasteiger partial charge is 0.250 e. The van der Waals surface area contributed by atoms with Crippen LogP contribution in [0.5, 0.6) is 0 Å². The van der Waals surface area contributed by atoms with E-state index in [4.69, 9.17) is 0 Å². The minimum absolute atomic E-state index is 0.0375. The number of carbonyl (C=O) groups is 3. The molecule has 0 unspecified atom stereocenters. The summed E-state index contributed by atoms with van der Waals surface area (Å²) < 4.78 is 0. The molecule has 2 fully saturated rings. The molecule has 2 saturated heterocycles. The maximum atomic E-state index is 13.6. The van der Waals surface area contributed by atoms with E-state index in [1.807, 2.05) is 73.7 Å². The van der Waals surface area contributed by atoms with Crippen LogP contribution in [0.4, 0.5) is 5.69 Å². The first kappa shape index (κ1) is 22.6. The second kappa shape index (κ2) is 9.90. The van der Waals surface area contributed by atoms with Gasteiger partial charge in [0.1, 0.15) is 12.1 Å². The normalized spacial score (nSPS) is 17.7. The Morgan fingerprint density at radius 1 is 1.00 bits per heavy atom. The predicted octanol–water partition coefficient (Wildman–Crippen LogP) is 2.50. The molecule has 0 atom stereocenters. The van der Waals surface area contributed by atoms with Crippen LogP contribution in [0.3, 0.4) is 0 Å². The molecule has 2 heterocycles. The van der Waals surface area contributed by atoms with Crippen LogP contribution in [0.15, 0.2) is 66.7 Å². The average Bonchev–Trinajstić information content (AvgIpc) is 3.10. The van der Waals surface area contributed by atoms with Gasteiger partial charge >= 0.3 is 0 Å². The van der Waals surface area contributed by atoms with Crippen LogP contribution < -0.4 is 10.2 Å². The van der Waals surface area contributed by atoms with E-state index < -0.39 is 5.54 Å². The van der Waals surface area contributed by atoms with E-state index in [2.05, 4.69) is 10.2 Å². The van der Waals surface area contributed by atoms with Gasteiger partial charge in [-0.05, 0) is 43.5 Å². The first-order valence-corrected chi connectivity index (χ1v) is 11.4. The Morgan fingerprint density at radius 3 is 2.27 bits per heavy atom. The van der Waals surface area contributed by atoms with Crippen molar-refractivity contribution < 1.29 is 14.4 Å². The molecule has 0 bridgehead atoms. The summed E-state index contributed by atoms with van der Waals surface area (Å²) in [6.45, 7) is 3.77. The van der Waals surface area contributed by atoms with E-state index in [-0.39, 0.29) is 24.3 Å². The highest BCUT2D eigenvalue weighted by molar-refractivity contribution is 5.97. The SMILES string of the molecule is CCNC(=O)CN1CN(c2ccccc2)C2(CCN(C(=O)/C=C/c3ccccc3)CC2)C1=O. The first-order valence-electron chi connectivity index (χ1n) is 11.4. The summed E-state index contributed by atoms with van der Waals surface area (Å²) in [4.78, 5) is 44.1. The number of amides is 3. The second-order valence-corrected chi connectivity index (χ2v) is 8.46. The minimum Gasteiger partial charge on any atom is -0.355 e. The van der Waals surface area contributed by atoms with Crippen molar-refractivity contribution in [2.75, 3.05) is 37.7 Å². The van der Waals surface area contributed by atoms with Gasteiger partial charge in [-0.25, -0.2) is 0 Å². The van der Waals surface area contributed by atoms with Crippen LogP contribution in [0, 0.1) is 0 Å². The highest BCUT2D eigenvalue weighted by Gasteiger charge is 2.54. The lowest BCUT2D eigenvalue weighted by Gasteiger charge is -2.43. The lowest BCUT2D eigenvalue weighted by molar-refractivity contribution is -0.138. The number of para-hydroxylation sites is 1. The average molecular weight is 447 g/mol. The molecule has 0 aromatic heterocycles. The van der Waals surface area contributed by atoms with E-state index in [0.29, 0.717) is 39.1 Å². The van der Waals surface area contributed by atoms with E-state index >= 15 is 0 Å². The molecule has 2 aromatic rings. The van der Waals surface area contributed by atoms with E-state index in [1.54, 1.807) is 15.9 Å². The fourth-order valence-corrected chi connectivity index (χ4v) is 4.68. The molecule has 33 heavy (non-hydrogen) atoms. The Kier molecular flexibility index (Phi) is 6.77. The Balaban J connectivity index is 1.50. The second-order valence-electron chi connectivity index (χ2n) is 8.46. The van der Waals surface area contributed by atoms with Gasteiger partial charge in [-0.3, -0.25) is 14.4 Å². The van der Waals surface area contributed by atoms with Gasteiger partial charge in [-0.1, -0.05) is 48.5 Å². The molecule has 2 aliphatic heterocycles. The molecule has 0 aliphatic carbocycles. The molecule has 7 nitrogen and oxygen atoms in total. The summed E-state index contributed by atoms with van der Waals surface area (Å²) in [6.07, 6.45) is 4.47. The van der Waals surface area contributed by atoms with E-state index in [9.17, 15) is 14.4 Å². The quantitative estimate of drug-likeness (QED) is 0.692. The lowest BCUT2D eigenvalue weighted by atomic mass is 9.85. The number of likely N-dealkylation sites (N-methyl/N-ethyl adjacent to an activating group) is 1. The predicted molar refractivity (Wildman–Crippen MR) is 128 cm³/mol. The number of anilines is 1. The zero-order valence-corrected chi connectivity index (χ0v) is 18.9. The first-order chi connectivity index (χ1) is 16.0. The molecule has 3 amide bonds. The molecule has 1 spiro atoms. The van der Waals surface area contributed by atoms with Gasteiger partial charge in [0.15, 0.2) is 0 Å². The maximum Gasteiger partial charge on any atom is 0.250 e. The van der Waals surface area contributed by atoms with Gasteiger partial charge in [-0.15, -0.1) is 0 Å². The molecule has 2 aliphatic rings. The van der Waals surface area contributed by atoms with Crippen molar-refractivity contribution in [2.24, 2.45) is 0 Å². The molecule has 7 heteroatoms. The molecular formula is C26H30N4O3. The molecule has 0 radical (unpaired) electrons. The number of hydrogen-bond donors (Lipinski definition) is 1. The van der Waals surface area contributed by atoms with Crippen molar-refractivity contribution in [3.05, 3.63) is 72.3 Å². The van der Waals surface area contributed by atoms with Crippen LogP contribution in [-0.4, -0.2) is 65.9 Å². The molecule has 1 N–H and O–H groups in total. The summed E-state index contributed by atoms with van der Waals surface area (Å²) in [5, 5.41) is 2.78. The maximum absolute atomic E-state index is 13.6. The highest BCUT2D eigenvalue weighted by atomic mass is 16.2. The van der Waals surface area contributed by atoms with Gasteiger partial charge in [0.25, 0.3) is 5.91 Å². The zero-order chi connectivity index (χ0) is 23.3. The number of rotatable bonds is 6. The van der Waals surface area contributed by atoms with Crippen LogP contribution in [0.2, 0.25) is 0 Å². The molecular weight excluding hydrogens is 416 g/mol. The topological polar surface area (TPSA) is 73.0 Å². The summed E-state index contributed by atoms with van der Waals surface area (Å²) in [7, 11) is 0. The lowest BCUT2D eigenvalue weighted by Crippen LogP contribution is -2.57. The van der Waals surface area contributed by atoms with Crippen molar-refractivity contribution in [3.8, 4) is 0 Å². The largest absolute Gasteiger partial charge is 0.355 e. The number of nitrogens with zero attached hydrogens (tertiary/aromatic N) is 3. The van der Waals surface area contributed by atoms with E-state index in [1.165, 1.54) is 0 Å². The number of hydrogen-bond acceptors (Lipinski definition) is 4. The summed E-state index contributed by atoms with van der Waals surface area (Å²) >= 11 is 0. The molecule has 172 valence electrons. The van der Waals surface area contributed by atoms with Crippen LogP contribution >= 0.6 is 0 Å². The number of carbonyl (C=O) groups excluding carboxylic acids is 3. The Morgan fingerprint density at radius 2 is 1.64 bits per heavy atom. The number of piperidine rings is 1. The fourth-order valence-electron chi connectivity index (χ4n) is 4.68. The monoisotopic (exact) mass is 446 g/mol. The van der Waals surface area contributed by atoms with E-state index in [0.717, 1.165) is 11.3 Å². The van der Waals surface area contributed by atoms with Gasteiger partial charge in [0.2, 0.25) is 11.8 Å². The highest BCUT2D eigenvalue weighted by Crippen LogP contribution is 2.39. The van der Waals surface area contributed by atoms with Crippen molar-refractivity contribution in [1.82, 2.24) is 15.1 Å². The standard InChI is InChI=1S/C26H30N4O3/c1-2-27-23(31)19-29-20-30(22-11-7-4-8-12-22)26(25(29)33)15-17-28(18-16-26)24(32)14-13-21-9-5-3-6-10-21/h3-14H,2,15-20H2,1H3,(H,27,31)/b14-13+. The number of likely N-dealkylation sites (tertiary alicyclic amines) is 1. The third-order valence-electron chi connectivity index (χ3n) is 6.41. The minimum atomic E-state index is -0.742. The van der Waals surface area contributed by atoms with Gasteiger partial charge in [-0.2, -0.15) is 0 Å². The van der Waals surface area contributed by atoms with Crippen molar-refractivity contribution >= 4 is 29.5 Å². The molecule has 0 saturated carbocycles. The van der Waals surface area contributed by atoms with Crippen LogP contribution in [0.25, 0.3) is 6.08 Å². The van der Waals surface area contributed by atoms with Gasteiger partial charge < -0.3 is 20.0 Å². The Labute approximate surface area is 194 Å². The molecule has 2 aromatic carbocycles. The van der Waals surface area contributed by atoms with Gasteiger partial charge in [0, 0.05) is 31.4 Å². The van der Waals surface area contributed by atoms with Crippen molar-refractivity contribution in [2.45, 2.75) is 25.3 Å². The van der Waals surface area contributed by atoms with Crippen LogP contribution in [-0.2, 0) is 14.4 Å². The number of benzene rings is 2. The van der Waals surface area contributed by atoms with Crippen molar-refractivity contribution in [3.63, 3.8) is 0 Å². The summed E-state index contributed by atoms with van der Waals surface area (Å²) in [6, 6.07) is 19.5.